The fraction of sp³-hybridized carbons (Fsp3) is 0.692. The van der Waals surface area contributed by atoms with E-state index in [1.54, 1.807) is 11.4 Å². The van der Waals surface area contributed by atoms with E-state index in [4.69, 9.17) is 0 Å². The van der Waals surface area contributed by atoms with Gasteiger partial charge in [0.25, 0.3) is 0 Å². The number of nitrogens with zero attached hydrogens (tertiary/aromatic N) is 1. The third kappa shape index (κ3) is 4.82. The van der Waals surface area contributed by atoms with Gasteiger partial charge in [-0.1, -0.05) is 6.92 Å². The predicted octanol–water partition coefficient (Wildman–Crippen LogP) is 1.48. The average molecular weight is 319 g/mol. The zero-order valence-electron chi connectivity index (χ0n) is 12.9. The van der Waals surface area contributed by atoms with E-state index < -0.39 is 10.0 Å². The summed E-state index contributed by atoms with van der Waals surface area (Å²) < 4.78 is 27.2. The summed E-state index contributed by atoms with van der Waals surface area (Å²) in [6.45, 7) is 7.98. The zero-order chi connectivity index (χ0) is 15.4. The van der Waals surface area contributed by atoms with Gasteiger partial charge in [0.05, 0.1) is 4.90 Å². The highest BCUT2D eigenvalue weighted by Crippen LogP contribution is 2.19. The van der Waals surface area contributed by atoms with E-state index in [0.29, 0.717) is 18.0 Å². The average Bonchev–Trinajstić information content (AvgIpc) is 2.83. The maximum Gasteiger partial charge on any atom is 0.241 e. The van der Waals surface area contributed by atoms with Crippen molar-refractivity contribution in [3.8, 4) is 0 Å². The van der Waals surface area contributed by atoms with Crippen LogP contribution in [0.3, 0.4) is 0 Å². The molecule has 0 aliphatic rings. The SMILES string of the molecule is CCNCc1cc(S(=O)(=O)NCC(C)(C)N(C)C)cs1. The molecule has 116 valence electrons. The minimum Gasteiger partial charge on any atom is -0.312 e. The maximum atomic E-state index is 12.2. The molecule has 0 radical (unpaired) electrons. The summed E-state index contributed by atoms with van der Waals surface area (Å²) in [7, 11) is 0.451. The topological polar surface area (TPSA) is 61.4 Å². The lowest BCUT2D eigenvalue weighted by atomic mass is 10.1. The van der Waals surface area contributed by atoms with Crippen molar-refractivity contribution in [1.29, 1.82) is 0 Å². The van der Waals surface area contributed by atoms with Gasteiger partial charge in [0.15, 0.2) is 0 Å². The van der Waals surface area contributed by atoms with E-state index >= 15 is 0 Å². The largest absolute Gasteiger partial charge is 0.312 e. The number of likely N-dealkylation sites (N-methyl/N-ethyl adjacent to an activating group) is 1. The van der Waals surface area contributed by atoms with E-state index in [2.05, 4.69) is 10.0 Å². The van der Waals surface area contributed by atoms with Crippen molar-refractivity contribution in [2.75, 3.05) is 27.2 Å². The standard InChI is InChI=1S/C13H25N3O2S2/c1-6-14-8-11-7-12(9-19-11)20(17,18)15-10-13(2,3)16(4)5/h7,9,14-15H,6,8,10H2,1-5H3. The Morgan fingerprint density at radius 1 is 1.35 bits per heavy atom. The molecule has 20 heavy (non-hydrogen) atoms. The number of thiophene rings is 1. The van der Waals surface area contributed by atoms with Gasteiger partial charge in [-0.2, -0.15) is 0 Å². The third-order valence-electron chi connectivity index (χ3n) is 3.39. The van der Waals surface area contributed by atoms with Crippen molar-refractivity contribution in [1.82, 2.24) is 14.9 Å². The zero-order valence-corrected chi connectivity index (χ0v) is 14.5. The number of nitrogens with one attached hydrogen (secondary N) is 2. The first-order valence-corrected chi connectivity index (χ1v) is 9.00. The molecule has 0 bridgehead atoms. The molecule has 1 rings (SSSR count). The highest BCUT2D eigenvalue weighted by Gasteiger charge is 2.24. The van der Waals surface area contributed by atoms with E-state index in [-0.39, 0.29) is 5.54 Å². The Labute approximate surface area is 126 Å². The van der Waals surface area contributed by atoms with Crippen molar-refractivity contribution >= 4 is 21.4 Å². The van der Waals surface area contributed by atoms with Crippen molar-refractivity contribution in [3.63, 3.8) is 0 Å². The predicted molar refractivity (Wildman–Crippen MR) is 84.7 cm³/mol. The van der Waals surface area contributed by atoms with Crippen LogP contribution in [-0.2, 0) is 16.6 Å². The monoisotopic (exact) mass is 319 g/mol. The minimum atomic E-state index is -3.43. The van der Waals surface area contributed by atoms with Crippen LogP contribution in [0.1, 0.15) is 25.6 Å². The van der Waals surface area contributed by atoms with Crippen LogP contribution in [0.25, 0.3) is 0 Å². The Bertz CT molecular complexity index is 521. The summed E-state index contributed by atoms with van der Waals surface area (Å²) >= 11 is 1.46. The number of hydrogen-bond donors (Lipinski definition) is 2. The molecule has 0 unspecified atom stereocenters. The molecule has 0 amide bonds. The fourth-order valence-electron chi connectivity index (χ4n) is 1.36. The summed E-state index contributed by atoms with van der Waals surface area (Å²) in [6, 6.07) is 1.73. The van der Waals surface area contributed by atoms with Crippen LogP contribution < -0.4 is 10.0 Å². The van der Waals surface area contributed by atoms with Crippen LogP contribution in [0.2, 0.25) is 0 Å². The summed E-state index contributed by atoms with van der Waals surface area (Å²) in [5, 5.41) is 4.88. The van der Waals surface area contributed by atoms with Gasteiger partial charge in [-0.25, -0.2) is 13.1 Å². The van der Waals surface area contributed by atoms with Crippen LogP contribution in [0.5, 0.6) is 0 Å². The lowest BCUT2D eigenvalue weighted by Crippen LogP contribution is -2.48. The number of sulfonamides is 1. The molecule has 0 fully saturated rings. The molecular formula is C13H25N3O2S2. The van der Waals surface area contributed by atoms with Gasteiger partial charge >= 0.3 is 0 Å². The molecule has 0 atom stereocenters. The smallest absolute Gasteiger partial charge is 0.241 e. The molecule has 7 heteroatoms. The molecule has 0 aliphatic carbocycles. The van der Waals surface area contributed by atoms with Crippen LogP contribution in [0.15, 0.2) is 16.3 Å². The molecule has 1 aromatic rings. The van der Waals surface area contributed by atoms with Crippen molar-refractivity contribution in [2.45, 2.75) is 37.8 Å². The van der Waals surface area contributed by atoms with Gasteiger partial charge in [-0.15, -0.1) is 11.3 Å². The summed E-state index contributed by atoms with van der Waals surface area (Å²) in [5.41, 5.74) is -0.227. The quantitative estimate of drug-likeness (QED) is 0.762. The molecule has 0 saturated carbocycles. The van der Waals surface area contributed by atoms with Gasteiger partial charge in [0, 0.05) is 28.9 Å². The first-order valence-electron chi connectivity index (χ1n) is 6.64. The van der Waals surface area contributed by atoms with Crippen LogP contribution in [-0.4, -0.2) is 46.0 Å². The highest BCUT2D eigenvalue weighted by molar-refractivity contribution is 7.89. The minimum absolute atomic E-state index is 0.227. The Kier molecular flexibility index (Phi) is 6.15. The van der Waals surface area contributed by atoms with Crippen LogP contribution >= 0.6 is 11.3 Å². The first-order chi connectivity index (χ1) is 9.19. The molecule has 5 nitrogen and oxygen atoms in total. The van der Waals surface area contributed by atoms with Gasteiger partial charge < -0.3 is 10.2 Å². The normalized spacial score (nSPS) is 13.1. The van der Waals surface area contributed by atoms with Crippen LogP contribution in [0.4, 0.5) is 0 Å². The fourth-order valence-corrected chi connectivity index (χ4v) is 3.80. The molecular weight excluding hydrogens is 294 g/mol. The first kappa shape index (κ1) is 17.6. The van der Waals surface area contributed by atoms with Crippen molar-refractivity contribution in [3.05, 3.63) is 16.3 Å². The Hall–Kier alpha value is -0.470. The second kappa shape index (κ2) is 7.00. The summed E-state index contributed by atoms with van der Waals surface area (Å²) in [5.74, 6) is 0. The Balaban J connectivity index is 2.72. The van der Waals surface area contributed by atoms with E-state index in [0.717, 1.165) is 11.4 Å². The lowest BCUT2D eigenvalue weighted by Gasteiger charge is -2.32. The van der Waals surface area contributed by atoms with E-state index in [1.165, 1.54) is 11.3 Å². The maximum absolute atomic E-state index is 12.2. The van der Waals surface area contributed by atoms with E-state index in [9.17, 15) is 8.42 Å². The molecule has 0 aliphatic heterocycles. The van der Waals surface area contributed by atoms with E-state index in [1.807, 2.05) is 39.8 Å². The third-order valence-corrected chi connectivity index (χ3v) is 5.86. The second-order valence-corrected chi connectivity index (χ2v) is 8.32. The van der Waals surface area contributed by atoms with Crippen LogP contribution in [0, 0.1) is 0 Å². The lowest BCUT2D eigenvalue weighted by molar-refractivity contribution is 0.199. The Morgan fingerprint density at radius 2 is 2.00 bits per heavy atom. The molecule has 0 saturated heterocycles. The molecule has 2 N–H and O–H groups in total. The highest BCUT2D eigenvalue weighted by atomic mass is 32.2. The molecule has 0 spiro atoms. The Morgan fingerprint density at radius 3 is 2.55 bits per heavy atom. The number of rotatable bonds is 8. The van der Waals surface area contributed by atoms with Gasteiger partial charge in [-0.05, 0) is 40.6 Å². The molecule has 1 aromatic heterocycles. The van der Waals surface area contributed by atoms with Gasteiger partial charge in [0.1, 0.15) is 0 Å². The van der Waals surface area contributed by atoms with Crippen molar-refractivity contribution < 1.29 is 8.42 Å². The van der Waals surface area contributed by atoms with Gasteiger partial charge in [0.2, 0.25) is 10.0 Å². The number of hydrogen-bond acceptors (Lipinski definition) is 5. The second-order valence-electron chi connectivity index (χ2n) is 5.56. The summed E-state index contributed by atoms with van der Waals surface area (Å²) in [4.78, 5) is 3.38. The molecule has 0 aromatic carbocycles. The molecule has 1 heterocycles. The van der Waals surface area contributed by atoms with Crippen molar-refractivity contribution in [2.24, 2.45) is 0 Å². The van der Waals surface area contributed by atoms with Gasteiger partial charge in [-0.3, -0.25) is 0 Å². The summed E-state index contributed by atoms with van der Waals surface area (Å²) in [6.07, 6.45) is 0.